The Labute approximate surface area is 266 Å². The van der Waals surface area contributed by atoms with Gasteiger partial charge < -0.3 is 28.0 Å². The predicted molar refractivity (Wildman–Crippen MR) is 170 cm³/mol. The fourth-order valence-electron chi connectivity index (χ4n) is 4.47. The van der Waals surface area contributed by atoms with E-state index in [0.717, 1.165) is 64.2 Å². The molecule has 41 heavy (non-hydrogen) atoms. The zero-order chi connectivity index (χ0) is 30.2. The molecule has 0 saturated heterocycles. The first kappa shape index (κ1) is 46.2. The molecule has 0 aliphatic carbocycles. The molecule has 0 spiro atoms. The van der Waals surface area contributed by atoms with Gasteiger partial charge in [0, 0.05) is 12.3 Å². The summed E-state index contributed by atoms with van der Waals surface area (Å²) in [5.41, 5.74) is 0. The van der Waals surface area contributed by atoms with E-state index < -0.39 is 15.2 Å². The van der Waals surface area contributed by atoms with E-state index in [0.29, 0.717) is 13.2 Å². The molecule has 0 aromatic heterocycles. The summed E-state index contributed by atoms with van der Waals surface area (Å²) in [6.07, 6.45) is 27.5. The van der Waals surface area contributed by atoms with E-state index in [2.05, 4.69) is 27.7 Å². The van der Waals surface area contributed by atoms with E-state index in [1.54, 1.807) is 0 Å². The summed E-state index contributed by atoms with van der Waals surface area (Å²) in [6.45, 7) is 9.51. The molecular formula is C32H68FeO6P2. The maximum Gasteiger partial charge on any atom is 2.00 e. The van der Waals surface area contributed by atoms with Gasteiger partial charge in [-0.15, -0.1) is 0 Å². The Balaban J connectivity index is -0.000000688. The Bertz CT molecular complexity index is 545. The van der Waals surface area contributed by atoms with Crippen LogP contribution < -0.4 is 9.79 Å². The fraction of sp³-hybridized carbons (Fsp3) is 1.00. The van der Waals surface area contributed by atoms with Crippen LogP contribution in [0, 0.1) is 0 Å². The minimum absolute atomic E-state index is 0. The van der Waals surface area contributed by atoms with Gasteiger partial charge >= 0.3 is 17.1 Å². The molecule has 0 aliphatic rings. The van der Waals surface area contributed by atoms with E-state index in [1.165, 1.54) is 89.9 Å². The molecule has 9 heteroatoms. The van der Waals surface area contributed by atoms with Crippen LogP contribution in [0.15, 0.2) is 0 Å². The zero-order valence-corrected chi connectivity index (χ0v) is 30.4. The molecule has 0 aliphatic heterocycles. The predicted octanol–water partition coefficient (Wildman–Crippen LogP) is 10.6. The van der Waals surface area contributed by atoms with Gasteiger partial charge in [-0.05, 0) is 25.7 Å². The molecule has 0 saturated carbocycles. The first-order valence-electron chi connectivity index (χ1n) is 17.1. The van der Waals surface area contributed by atoms with Crippen molar-refractivity contribution in [3.8, 4) is 0 Å². The standard InChI is InChI=1S/2C16H35O3P.Fe/c2*1-3-5-7-9-11-13-15-19-20(17,18)16-14-12-10-8-6-4-2;/h2*3-16H2,1-2H3,(H,17,18);/q;;+2/p-2. The van der Waals surface area contributed by atoms with Gasteiger partial charge in [0.2, 0.25) is 0 Å². The molecule has 250 valence electrons. The molecule has 0 radical (unpaired) electrons. The molecule has 0 heterocycles. The van der Waals surface area contributed by atoms with Gasteiger partial charge in [-0.1, -0.05) is 156 Å². The van der Waals surface area contributed by atoms with Gasteiger partial charge in [-0.3, -0.25) is 0 Å². The Kier molecular flexibility index (Phi) is 39.8. The maximum atomic E-state index is 11.7. The van der Waals surface area contributed by atoms with E-state index in [-0.39, 0.29) is 29.4 Å². The third-order valence-electron chi connectivity index (χ3n) is 7.14. The third kappa shape index (κ3) is 40.8. The Morgan fingerprint density at radius 1 is 0.390 bits per heavy atom. The SMILES string of the molecule is CCCCCCCCOP(=O)([O-])CCCCCCCC.CCCCCCCCOP(=O)([O-])CCCCCCCC.[Fe+2]. The average molecular weight is 667 g/mol. The number of rotatable bonds is 30. The van der Waals surface area contributed by atoms with Gasteiger partial charge in [0.1, 0.15) is 15.2 Å². The second-order valence-electron chi connectivity index (χ2n) is 11.4. The summed E-state index contributed by atoms with van der Waals surface area (Å²) in [5.74, 6) is 0. The van der Waals surface area contributed by atoms with Crippen molar-refractivity contribution in [1.29, 1.82) is 0 Å². The van der Waals surface area contributed by atoms with Crippen LogP contribution in [0.3, 0.4) is 0 Å². The molecule has 6 nitrogen and oxygen atoms in total. The average Bonchev–Trinajstić information content (AvgIpc) is 2.92. The van der Waals surface area contributed by atoms with Crippen LogP contribution in [-0.2, 0) is 35.2 Å². The van der Waals surface area contributed by atoms with Crippen molar-refractivity contribution in [3.05, 3.63) is 0 Å². The summed E-state index contributed by atoms with van der Waals surface area (Å²) in [4.78, 5) is 23.3. The van der Waals surface area contributed by atoms with Gasteiger partial charge in [-0.2, -0.15) is 0 Å². The van der Waals surface area contributed by atoms with Crippen LogP contribution in [0.2, 0.25) is 0 Å². The Hall–Kier alpha value is 0.819. The second-order valence-corrected chi connectivity index (χ2v) is 15.3. The summed E-state index contributed by atoms with van der Waals surface area (Å²) in [5, 5.41) is 0. The van der Waals surface area contributed by atoms with Gasteiger partial charge in [0.25, 0.3) is 0 Å². The van der Waals surface area contributed by atoms with Crippen LogP contribution in [0.4, 0.5) is 0 Å². The molecule has 0 fully saturated rings. The van der Waals surface area contributed by atoms with Crippen molar-refractivity contribution in [3.63, 3.8) is 0 Å². The summed E-state index contributed by atoms with van der Waals surface area (Å²) in [6, 6.07) is 0. The number of hydrogen-bond donors (Lipinski definition) is 0. The normalized spacial score (nSPS) is 14.0. The number of unbranched alkanes of at least 4 members (excludes halogenated alkanes) is 20. The molecule has 2 atom stereocenters. The number of hydrogen-bond acceptors (Lipinski definition) is 6. The first-order chi connectivity index (χ1) is 19.2. The monoisotopic (exact) mass is 666 g/mol. The first-order valence-corrected chi connectivity index (χ1v) is 20.6. The quantitative estimate of drug-likeness (QED) is 0.0430. The molecule has 0 bridgehead atoms. The van der Waals surface area contributed by atoms with E-state index in [9.17, 15) is 18.9 Å². The summed E-state index contributed by atoms with van der Waals surface area (Å²) < 4.78 is 33.4. The Morgan fingerprint density at radius 3 is 0.878 bits per heavy atom. The van der Waals surface area contributed by atoms with E-state index >= 15 is 0 Å². The maximum absolute atomic E-state index is 11.7. The van der Waals surface area contributed by atoms with Crippen LogP contribution in [0.5, 0.6) is 0 Å². The minimum Gasteiger partial charge on any atom is -0.778 e. The topological polar surface area (TPSA) is 98.7 Å². The van der Waals surface area contributed by atoms with Crippen molar-refractivity contribution >= 4 is 15.2 Å². The smallest absolute Gasteiger partial charge is 0.778 e. The van der Waals surface area contributed by atoms with E-state index in [4.69, 9.17) is 9.05 Å². The van der Waals surface area contributed by atoms with E-state index in [1.807, 2.05) is 0 Å². The van der Waals surface area contributed by atoms with Gasteiger partial charge in [0.15, 0.2) is 0 Å². The van der Waals surface area contributed by atoms with Crippen molar-refractivity contribution in [2.45, 2.75) is 182 Å². The molecular weight excluding hydrogens is 598 g/mol. The van der Waals surface area contributed by atoms with Crippen LogP contribution in [0.1, 0.15) is 182 Å². The fourth-order valence-corrected chi connectivity index (χ4v) is 6.77. The molecule has 0 aromatic rings. The summed E-state index contributed by atoms with van der Waals surface area (Å²) >= 11 is 0. The minimum atomic E-state index is -3.56. The van der Waals surface area contributed by atoms with Crippen molar-refractivity contribution in [2.24, 2.45) is 0 Å². The molecule has 0 rings (SSSR count). The van der Waals surface area contributed by atoms with Gasteiger partial charge in [0.05, 0.1) is 13.2 Å². The third-order valence-corrected chi connectivity index (χ3v) is 10.0. The van der Waals surface area contributed by atoms with Crippen LogP contribution in [-0.4, -0.2) is 25.5 Å². The largest absolute Gasteiger partial charge is 2.00 e. The zero-order valence-electron chi connectivity index (χ0n) is 27.5. The molecule has 0 N–H and O–H groups in total. The van der Waals surface area contributed by atoms with Crippen molar-refractivity contribution < 1.29 is 45.0 Å². The van der Waals surface area contributed by atoms with Crippen LogP contribution in [0.25, 0.3) is 0 Å². The molecule has 0 amide bonds. The van der Waals surface area contributed by atoms with Crippen molar-refractivity contribution in [2.75, 3.05) is 25.5 Å². The molecule has 0 aromatic carbocycles. The van der Waals surface area contributed by atoms with Crippen molar-refractivity contribution in [1.82, 2.24) is 0 Å². The van der Waals surface area contributed by atoms with Crippen LogP contribution >= 0.6 is 15.2 Å². The Morgan fingerprint density at radius 2 is 0.610 bits per heavy atom. The van der Waals surface area contributed by atoms with Gasteiger partial charge in [-0.25, -0.2) is 0 Å². The summed E-state index contributed by atoms with van der Waals surface area (Å²) in [7, 11) is -7.12. The molecule has 2 unspecified atom stereocenters. The second kappa shape index (κ2) is 35.3.